The molecule has 3 heterocycles. The molecular formula is C18H25N9O9S2. The number of likely N-dealkylation sites (tertiary alicyclic amines) is 1. The van der Waals surface area contributed by atoms with Crippen molar-refractivity contribution in [1.82, 2.24) is 24.8 Å². The minimum absolute atomic E-state index is 0.0365. The first-order valence-electron chi connectivity index (χ1n) is 10.7. The lowest BCUT2D eigenvalue weighted by Gasteiger charge is -2.45. The molecular weight excluding hydrogens is 550 g/mol. The molecule has 2 saturated heterocycles. The summed E-state index contributed by atoms with van der Waals surface area (Å²) in [4.78, 5) is 59.8. The van der Waals surface area contributed by atoms with Crippen LogP contribution in [0.4, 0.5) is 5.13 Å². The number of amides is 3. The van der Waals surface area contributed by atoms with Gasteiger partial charge >= 0.3 is 16.3 Å². The van der Waals surface area contributed by atoms with Crippen LogP contribution in [0, 0.1) is 5.41 Å². The largest absolute Gasteiger partial charge is 0.478 e. The van der Waals surface area contributed by atoms with Gasteiger partial charge in [-0.05, 0) is 20.3 Å². The number of rotatable bonds is 10. The summed E-state index contributed by atoms with van der Waals surface area (Å²) in [6.07, 6.45) is 0.223. The van der Waals surface area contributed by atoms with E-state index in [1.165, 1.54) is 24.1 Å². The summed E-state index contributed by atoms with van der Waals surface area (Å²) >= 11 is 0.931. The van der Waals surface area contributed by atoms with Gasteiger partial charge in [0.1, 0.15) is 17.8 Å². The number of β-lactam (4-membered cyclic amide) rings is 1. The molecule has 208 valence electrons. The van der Waals surface area contributed by atoms with Gasteiger partial charge < -0.3 is 36.9 Å². The second-order valence-electron chi connectivity index (χ2n) is 8.73. The van der Waals surface area contributed by atoms with E-state index in [0.717, 1.165) is 11.3 Å². The van der Waals surface area contributed by atoms with Gasteiger partial charge in [-0.1, -0.05) is 5.16 Å². The van der Waals surface area contributed by atoms with Crippen molar-refractivity contribution in [3.05, 3.63) is 11.1 Å². The Hall–Kier alpha value is -4.04. The van der Waals surface area contributed by atoms with Crippen LogP contribution in [-0.2, 0) is 34.3 Å². The Labute approximate surface area is 219 Å². The standard InChI is InChI=1S/C18H25N9O9S2/c1-18(2,15(31)32)36-25-10(8-6-37-17(21)23-8)12(28)24-11-9(27(14(11)30)38(33,34)35)5-26-4-3-7(13(26)29)22-16(19)20/h6-7,9,11H,3-5H2,1-2H3,(H2,21,23)(H,24,28)(H,31,32)(H4,19,20,22)(H,33,34,35)/b25-10-/t7-,9-,11?/m1/s1. The van der Waals surface area contributed by atoms with Crippen molar-refractivity contribution in [3.63, 3.8) is 0 Å². The molecule has 0 radical (unpaired) electrons. The van der Waals surface area contributed by atoms with E-state index in [1.54, 1.807) is 0 Å². The van der Waals surface area contributed by atoms with Crippen LogP contribution in [0.2, 0.25) is 0 Å². The molecule has 3 amide bonds. The molecule has 3 atom stereocenters. The van der Waals surface area contributed by atoms with E-state index in [0.29, 0.717) is 0 Å². The van der Waals surface area contributed by atoms with Crippen molar-refractivity contribution >= 4 is 62.1 Å². The number of carbonyl (C=O) groups excluding carboxylic acids is 3. The highest BCUT2D eigenvalue weighted by molar-refractivity contribution is 7.84. The summed E-state index contributed by atoms with van der Waals surface area (Å²) in [5.74, 6) is -4.68. The van der Waals surface area contributed by atoms with E-state index >= 15 is 0 Å². The van der Waals surface area contributed by atoms with Crippen molar-refractivity contribution in [1.29, 1.82) is 5.41 Å². The lowest BCUT2D eigenvalue weighted by Crippen LogP contribution is -2.74. The molecule has 38 heavy (non-hydrogen) atoms. The molecule has 1 unspecified atom stereocenters. The SMILES string of the molecule is CC(C)(O/N=C(\C(=O)NC1C(=O)N(S(=O)(=O)O)[C@@H]1CN1CC[C@@H](NC(=N)N)C1=O)c1csc(N)n1)C(=O)O. The number of carbonyl (C=O) groups is 4. The van der Waals surface area contributed by atoms with Gasteiger partial charge in [-0.15, -0.1) is 11.3 Å². The van der Waals surface area contributed by atoms with Gasteiger partial charge in [0.15, 0.2) is 16.8 Å². The van der Waals surface area contributed by atoms with E-state index in [9.17, 15) is 37.3 Å². The van der Waals surface area contributed by atoms with E-state index < -0.39 is 75.9 Å². The summed E-state index contributed by atoms with van der Waals surface area (Å²) in [5, 5.41) is 26.2. The summed E-state index contributed by atoms with van der Waals surface area (Å²) in [7, 11) is -5.06. The minimum Gasteiger partial charge on any atom is -0.478 e. The first-order chi connectivity index (χ1) is 17.5. The Morgan fingerprint density at radius 3 is 2.53 bits per heavy atom. The van der Waals surface area contributed by atoms with E-state index in [1.807, 2.05) is 0 Å². The summed E-state index contributed by atoms with van der Waals surface area (Å²) in [5.41, 5.74) is 8.33. The summed E-state index contributed by atoms with van der Waals surface area (Å²) < 4.78 is 33.3. The third-order valence-electron chi connectivity index (χ3n) is 5.60. The highest BCUT2D eigenvalue weighted by Crippen LogP contribution is 2.27. The molecule has 20 heteroatoms. The van der Waals surface area contributed by atoms with Crippen LogP contribution in [0.25, 0.3) is 0 Å². The molecule has 2 aliphatic rings. The first kappa shape index (κ1) is 28.5. The van der Waals surface area contributed by atoms with Crippen molar-refractivity contribution in [2.24, 2.45) is 10.9 Å². The van der Waals surface area contributed by atoms with Gasteiger partial charge in [0.2, 0.25) is 11.5 Å². The number of hydrogen-bond donors (Lipinski definition) is 7. The van der Waals surface area contributed by atoms with Crippen LogP contribution in [0.1, 0.15) is 26.0 Å². The van der Waals surface area contributed by atoms with E-state index in [2.05, 4.69) is 20.8 Å². The van der Waals surface area contributed by atoms with Gasteiger partial charge in [0.25, 0.3) is 11.8 Å². The number of thiazole rings is 1. The highest BCUT2D eigenvalue weighted by atomic mass is 32.2. The fourth-order valence-corrected chi connectivity index (χ4v) is 5.04. The molecule has 9 N–H and O–H groups in total. The monoisotopic (exact) mass is 575 g/mol. The van der Waals surface area contributed by atoms with Crippen LogP contribution in [0.3, 0.4) is 0 Å². The molecule has 0 aliphatic carbocycles. The van der Waals surface area contributed by atoms with Crippen LogP contribution in [0.15, 0.2) is 10.5 Å². The van der Waals surface area contributed by atoms with E-state index in [-0.39, 0.29) is 28.1 Å². The third-order valence-corrected chi connectivity index (χ3v) is 7.22. The number of oxime groups is 1. The van der Waals surface area contributed by atoms with Crippen molar-refractivity contribution in [2.45, 2.75) is 44.0 Å². The second-order valence-corrected chi connectivity index (χ2v) is 10.9. The quantitative estimate of drug-likeness (QED) is 0.0479. The Balaban J connectivity index is 1.85. The molecule has 2 aliphatic heterocycles. The van der Waals surface area contributed by atoms with Gasteiger partial charge in [0.05, 0.1) is 6.04 Å². The molecule has 0 spiro atoms. The number of nitrogen functional groups attached to an aromatic ring is 1. The Bertz CT molecular complexity index is 1310. The maximum absolute atomic E-state index is 13.1. The molecule has 18 nitrogen and oxygen atoms in total. The average Bonchev–Trinajstić information content (AvgIpc) is 3.36. The fourth-order valence-electron chi connectivity index (χ4n) is 3.62. The van der Waals surface area contributed by atoms with Crippen molar-refractivity contribution < 1.29 is 42.1 Å². The highest BCUT2D eigenvalue weighted by Gasteiger charge is 2.55. The molecule has 1 aromatic rings. The van der Waals surface area contributed by atoms with Crippen LogP contribution >= 0.6 is 11.3 Å². The summed E-state index contributed by atoms with van der Waals surface area (Å²) in [6, 6.07) is -3.79. The fraction of sp³-hybridized carbons (Fsp3) is 0.500. The summed E-state index contributed by atoms with van der Waals surface area (Å²) in [6.45, 7) is 2.04. The minimum atomic E-state index is -5.06. The predicted molar refractivity (Wildman–Crippen MR) is 130 cm³/mol. The predicted octanol–water partition coefficient (Wildman–Crippen LogP) is -3.11. The lowest BCUT2D eigenvalue weighted by atomic mass is 9.97. The van der Waals surface area contributed by atoms with Gasteiger partial charge in [-0.3, -0.25) is 24.3 Å². The molecule has 0 saturated carbocycles. The topological polar surface area (TPSA) is 284 Å². The molecule has 0 bridgehead atoms. The number of guanidine groups is 1. The average molecular weight is 576 g/mol. The van der Waals surface area contributed by atoms with Gasteiger partial charge in [-0.2, -0.15) is 8.42 Å². The maximum atomic E-state index is 13.1. The Morgan fingerprint density at radius 1 is 1.34 bits per heavy atom. The maximum Gasteiger partial charge on any atom is 0.362 e. The zero-order valence-corrected chi connectivity index (χ0v) is 21.6. The first-order valence-corrected chi connectivity index (χ1v) is 13.0. The van der Waals surface area contributed by atoms with Gasteiger partial charge in [-0.25, -0.2) is 14.1 Å². The second kappa shape index (κ2) is 10.4. The number of anilines is 1. The zero-order valence-electron chi connectivity index (χ0n) is 19.9. The third kappa shape index (κ3) is 5.92. The molecule has 0 aromatic carbocycles. The molecule has 3 rings (SSSR count). The molecule has 2 fully saturated rings. The number of nitrogens with one attached hydrogen (secondary N) is 3. The number of aromatic nitrogens is 1. The Morgan fingerprint density at radius 2 is 2.00 bits per heavy atom. The van der Waals surface area contributed by atoms with Gasteiger partial charge in [0, 0.05) is 18.5 Å². The van der Waals surface area contributed by atoms with E-state index in [4.69, 9.17) is 21.7 Å². The van der Waals surface area contributed by atoms with Crippen LogP contribution in [0.5, 0.6) is 0 Å². The lowest BCUT2D eigenvalue weighted by molar-refractivity contribution is -0.161. The molecule has 1 aromatic heterocycles. The smallest absolute Gasteiger partial charge is 0.362 e. The van der Waals surface area contributed by atoms with Crippen LogP contribution in [-0.4, -0.2) is 104 Å². The number of carboxylic acid groups (broad SMARTS) is 1. The number of nitrogens with two attached hydrogens (primary N) is 2. The van der Waals surface area contributed by atoms with Crippen LogP contribution < -0.4 is 22.1 Å². The van der Waals surface area contributed by atoms with Crippen molar-refractivity contribution in [2.75, 3.05) is 18.8 Å². The number of aliphatic carboxylic acids is 1. The zero-order chi connectivity index (χ0) is 28.6. The number of carboxylic acids is 1. The normalized spacial score (nSPS) is 22.2. The van der Waals surface area contributed by atoms with Crippen molar-refractivity contribution in [3.8, 4) is 0 Å². The Kier molecular flexibility index (Phi) is 7.79. The number of nitrogens with zero attached hydrogens (tertiary/aromatic N) is 4. The number of hydrogen-bond acceptors (Lipinski definition) is 12.